The monoisotopic (exact) mass is 663 g/mol. The maximum absolute atomic E-state index is 14.6. The molecule has 7 nitrogen and oxygen atoms in total. The summed E-state index contributed by atoms with van der Waals surface area (Å²) in [6, 6.07) is 18.1. The fourth-order valence-corrected chi connectivity index (χ4v) is 6.72. The van der Waals surface area contributed by atoms with E-state index in [1.54, 1.807) is 90.1 Å². The summed E-state index contributed by atoms with van der Waals surface area (Å²) < 4.78 is 65.1. The zero-order valence-corrected chi connectivity index (χ0v) is 28.2. The molecule has 252 valence electrons. The first-order valence-electron chi connectivity index (χ1n) is 15.5. The van der Waals surface area contributed by atoms with Gasteiger partial charge in [-0.2, -0.15) is 13.2 Å². The van der Waals surface area contributed by atoms with Crippen LogP contribution in [0.15, 0.2) is 65.7 Å². The maximum atomic E-state index is 14.6. The van der Waals surface area contributed by atoms with Crippen LogP contribution in [-0.2, 0) is 28.5 Å². The van der Waals surface area contributed by atoms with Crippen LogP contribution in [-0.4, -0.2) is 64.7 Å². The molecule has 2 fully saturated rings. The van der Waals surface area contributed by atoms with Crippen molar-refractivity contribution in [2.45, 2.75) is 102 Å². The van der Waals surface area contributed by atoms with Crippen molar-refractivity contribution in [3.8, 4) is 0 Å². The predicted octanol–water partition coefficient (Wildman–Crippen LogP) is 7.89. The number of carbonyl (C=O) groups excluding carboxylic acids is 2. The molecule has 0 unspecified atom stereocenters. The van der Waals surface area contributed by atoms with Crippen molar-refractivity contribution in [3.05, 3.63) is 71.8 Å². The molecule has 0 amide bonds. The first-order chi connectivity index (χ1) is 21.4. The fraction of sp³-hybridized carbons (Fsp3) is 0.571. The highest BCUT2D eigenvalue weighted by atomic mass is 32.2. The largest absolute Gasteiger partial charge is 0.458 e. The normalized spacial score (nSPS) is 18.2. The Bertz CT molecular complexity index is 1300. The number of nitrogens with zero attached hydrogens (tertiary/aromatic N) is 1. The van der Waals surface area contributed by atoms with Crippen LogP contribution in [0.5, 0.6) is 0 Å². The van der Waals surface area contributed by atoms with Gasteiger partial charge in [0.1, 0.15) is 11.2 Å². The second-order valence-corrected chi connectivity index (χ2v) is 15.1. The Morgan fingerprint density at radius 1 is 0.761 bits per heavy atom. The van der Waals surface area contributed by atoms with Gasteiger partial charge in [-0.15, -0.1) is 0 Å². The number of hydrogen-bond donors (Lipinski definition) is 0. The van der Waals surface area contributed by atoms with Crippen molar-refractivity contribution < 1.29 is 41.7 Å². The number of halogens is 3. The van der Waals surface area contributed by atoms with E-state index in [0.29, 0.717) is 42.9 Å². The van der Waals surface area contributed by atoms with Crippen molar-refractivity contribution >= 4 is 29.4 Å². The fourth-order valence-electron chi connectivity index (χ4n) is 5.86. The molecule has 11 heteroatoms. The number of hydrogen-bond acceptors (Lipinski definition) is 8. The second kappa shape index (κ2) is 13.7. The standard InChI is InChI=1S/C35H44F3NO6S/c1-30(2,3)44-28(40)34(29(41)45-31(4,5)6,39-27(25-13-9-7-10-14-25)26-15-11-8-12-16-26)23-32(24-46-35(36,37)38)17-19-33(20-18-32)42-21-22-43-33/h7-16H,17-24H2,1-6H3. The van der Waals surface area contributed by atoms with E-state index >= 15 is 0 Å². The minimum atomic E-state index is -4.54. The van der Waals surface area contributed by atoms with Crippen molar-refractivity contribution in [3.63, 3.8) is 0 Å². The van der Waals surface area contributed by atoms with E-state index in [1.165, 1.54) is 0 Å². The van der Waals surface area contributed by atoms with Crippen molar-refractivity contribution in [1.82, 2.24) is 0 Å². The molecule has 0 atom stereocenters. The summed E-state index contributed by atoms with van der Waals surface area (Å²) in [6.07, 6.45) is 0.637. The minimum Gasteiger partial charge on any atom is -0.458 e. The van der Waals surface area contributed by atoms with Gasteiger partial charge in [-0.1, -0.05) is 72.4 Å². The number of ether oxygens (including phenoxy) is 4. The molecule has 1 saturated heterocycles. The number of benzene rings is 2. The first kappa shape index (κ1) is 36.0. The third-order valence-corrected chi connectivity index (χ3v) is 9.01. The first-order valence-corrected chi connectivity index (χ1v) is 16.5. The summed E-state index contributed by atoms with van der Waals surface area (Å²) >= 11 is -0.162. The van der Waals surface area contributed by atoms with Crippen molar-refractivity contribution in [2.24, 2.45) is 10.4 Å². The van der Waals surface area contributed by atoms with Gasteiger partial charge in [0.15, 0.2) is 5.79 Å². The molecule has 2 aromatic rings. The van der Waals surface area contributed by atoms with Gasteiger partial charge in [0.2, 0.25) is 0 Å². The summed E-state index contributed by atoms with van der Waals surface area (Å²) in [5, 5.41) is 0. The van der Waals surface area contributed by atoms with Gasteiger partial charge in [-0.25, -0.2) is 9.59 Å². The van der Waals surface area contributed by atoms with E-state index in [4.69, 9.17) is 23.9 Å². The Hall–Kier alpha value is -2.89. The highest BCUT2D eigenvalue weighted by Crippen LogP contribution is 2.53. The Morgan fingerprint density at radius 2 is 1.20 bits per heavy atom. The van der Waals surface area contributed by atoms with Crippen LogP contribution >= 0.6 is 11.8 Å². The van der Waals surface area contributed by atoms with E-state index in [1.807, 2.05) is 12.1 Å². The molecule has 46 heavy (non-hydrogen) atoms. The van der Waals surface area contributed by atoms with E-state index in [-0.39, 0.29) is 31.0 Å². The minimum absolute atomic E-state index is 0.162. The highest BCUT2D eigenvalue weighted by molar-refractivity contribution is 8.00. The molecule has 1 spiro atoms. The van der Waals surface area contributed by atoms with Crippen LogP contribution < -0.4 is 0 Å². The molecule has 1 aliphatic heterocycles. The number of alkyl halides is 3. The maximum Gasteiger partial charge on any atom is 0.441 e. The lowest BCUT2D eigenvalue weighted by Crippen LogP contribution is -2.56. The molecule has 2 aliphatic rings. The Morgan fingerprint density at radius 3 is 1.59 bits per heavy atom. The summed E-state index contributed by atoms with van der Waals surface area (Å²) in [6.45, 7) is 10.8. The van der Waals surface area contributed by atoms with Gasteiger partial charge in [0, 0.05) is 36.1 Å². The van der Waals surface area contributed by atoms with Gasteiger partial charge in [0.05, 0.1) is 18.9 Å². The number of carbonyl (C=O) groups is 2. The van der Waals surface area contributed by atoms with Gasteiger partial charge < -0.3 is 18.9 Å². The molecule has 1 heterocycles. The SMILES string of the molecule is CC(C)(C)OC(=O)C(CC1(CSC(F)(F)F)CCC2(CC1)OCCO2)(N=C(c1ccccc1)c1ccccc1)C(=O)OC(C)(C)C. The van der Waals surface area contributed by atoms with Gasteiger partial charge in [-0.3, -0.25) is 4.99 Å². The number of esters is 2. The molecular formula is C35H44F3NO6S. The Labute approximate surface area is 273 Å². The quantitative estimate of drug-likeness (QED) is 0.153. The molecule has 0 bridgehead atoms. The molecule has 1 aliphatic carbocycles. The van der Waals surface area contributed by atoms with E-state index in [0.717, 1.165) is 0 Å². The molecule has 1 saturated carbocycles. The lowest BCUT2D eigenvalue weighted by atomic mass is 9.66. The van der Waals surface area contributed by atoms with E-state index in [2.05, 4.69) is 0 Å². The average Bonchev–Trinajstić information content (AvgIpc) is 3.43. The molecule has 4 rings (SSSR count). The average molecular weight is 664 g/mol. The lowest BCUT2D eigenvalue weighted by molar-refractivity contribution is -0.194. The van der Waals surface area contributed by atoms with Crippen LogP contribution in [0.4, 0.5) is 13.2 Å². The van der Waals surface area contributed by atoms with E-state index in [9.17, 15) is 22.8 Å². The Balaban J connectivity index is 1.97. The zero-order valence-electron chi connectivity index (χ0n) is 27.4. The highest BCUT2D eigenvalue weighted by Gasteiger charge is 2.59. The summed E-state index contributed by atoms with van der Waals surface area (Å²) in [7, 11) is 0. The van der Waals surface area contributed by atoms with Crippen molar-refractivity contribution in [1.29, 1.82) is 0 Å². The summed E-state index contributed by atoms with van der Waals surface area (Å²) in [5.41, 5.74) is -8.63. The van der Waals surface area contributed by atoms with Gasteiger partial charge in [0.25, 0.3) is 5.54 Å². The number of thioether (sulfide) groups is 1. The van der Waals surface area contributed by atoms with Crippen LogP contribution in [0.2, 0.25) is 0 Å². The molecule has 0 radical (unpaired) electrons. The summed E-state index contributed by atoms with van der Waals surface area (Å²) in [5.74, 6) is -3.26. The zero-order chi connectivity index (χ0) is 33.9. The van der Waals surface area contributed by atoms with Gasteiger partial charge >= 0.3 is 17.4 Å². The van der Waals surface area contributed by atoms with Crippen LogP contribution in [0.3, 0.4) is 0 Å². The molecule has 0 N–H and O–H groups in total. The van der Waals surface area contributed by atoms with Crippen LogP contribution in [0, 0.1) is 5.41 Å². The van der Waals surface area contributed by atoms with Crippen LogP contribution in [0.25, 0.3) is 0 Å². The molecule has 0 aromatic heterocycles. The predicted molar refractivity (Wildman–Crippen MR) is 172 cm³/mol. The second-order valence-electron chi connectivity index (χ2n) is 14.1. The smallest absolute Gasteiger partial charge is 0.441 e. The van der Waals surface area contributed by atoms with Crippen molar-refractivity contribution in [2.75, 3.05) is 19.0 Å². The van der Waals surface area contributed by atoms with Gasteiger partial charge in [-0.05, 0) is 59.8 Å². The lowest BCUT2D eigenvalue weighted by Gasteiger charge is -2.46. The summed E-state index contributed by atoms with van der Waals surface area (Å²) in [4.78, 5) is 34.1. The Kier molecular flexibility index (Phi) is 10.7. The third-order valence-electron chi connectivity index (χ3n) is 7.93. The topological polar surface area (TPSA) is 83.4 Å². The van der Waals surface area contributed by atoms with Crippen LogP contribution in [0.1, 0.15) is 84.8 Å². The number of rotatable bonds is 9. The van der Waals surface area contributed by atoms with E-state index < -0.39 is 51.1 Å². The molecule has 2 aromatic carbocycles. The number of aliphatic imine (C=N–C) groups is 1. The third kappa shape index (κ3) is 9.35. The molecular weight excluding hydrogens is 619 g/mol.